The topological polar surface area (TPSA) is 140 Å². The quantitative estimate of drug-likeness (QED) is 0.397. The van der Waals surface area contributed by atoms with Crippen molar-refractivity contribution >= 4 is 17.0 Å². The van der Waals surface area contributed by atoms with Crippen LogP contribution in [0.1, 0.15) is 70.2 Å². The Labute approximate surface area is 181 Å². The fraction of sp³-hybridized carbons (Fsp3) is 0.591. The minimum Gasteiger partial charge on any atom is -0.394 e. The molecule has 1 fully saturated rings. The Kier molecular flexibility index (Phi) is 7.83. The van der Waals surface area contributed by atoms with Gasteiger partial charge in [0.25, 0.3) is 0 Å². The molecule has 4 unspecified atom stereocenters. The first-order valence-electron chi connectivity index (χ1n) is 10.7. The molecule has 5 N–H and O–H groups in total. The molecule has 0 saturated carbocycles. The third-order valence-electron chi connectivity index (χ3n) is 5.05. The van der Waals surface area contributed by atoms with E-state index in [1.807, 2.05) is 0 Å². The van der Waals surface area contributed by atoms with Crippen molar-refractivity contribution in [1.82, 2.24) is 19.5 Å². The number of fused-ring (bicyclic) bond motifs is 1. The number of hydrogen-bond acceptors (Lipinski definition) is 8. The second-order valence-corrected chi connectivity index (χ2v) is 7.45. The second kappa shape index (κ2) is 10.6. The van der Waals surface area contributed by atoms with Crippen LogP contribution in [0, 0.1) is 23.7 Å². The van der Waals surface area contributed by atoms with Gasteiger partial charge in [-0.3, -0.25) is 4.57 Å². The monoisotopic (exact) mass is 427 g/mol. The Bertz CT molecular complexity index is 1030. The van der Waals surface area contributed by atoms with Crippen LogP contribution in [-0.2, 0) is 4.74 Å². The molecule has 1 saturated heterocycles. The van der Waals surface area contributed by atoms with E-state index in [2.05, 4.69) is 52.5 Å². The molecule has 31 heavy (non-hydrogen) atoms. The fourth-order valence-corrected chi connectivity index (χ4v) is 3.29. The number of nitrogens with zero attached hydrogens (tertiary/aromatic N) is 4. The molecule has 0 bridgehead atoms. The Balaban J connectivity index is 2.11. The van der Waals surface area contributed by atoms with Crippen molar-refractivity contribution in [2.24, 2.45) is 0 Å². The van der Waals surface area contributed by atoms with Gasteiger partial charge in [0.05, 0.1) is 6.61 Å². The Hall–Kier alpha value is -2.69. The highest BCUT2D eigenvalue weighted by Gasteiger charge is 2.45. The van der Waals surface area contributed by atoms with Crippen LogP contribution in [0.15, 0.2) is 0 Å². The second-order valence-electron chi connectivity index (χ2n) is 7.45. The van der Waals surface area contributed by atoms with Gasteiger partial charge < -0.3 is 25.8 Å². The molecule has 9 nitrogen and oxygen atoms in total. The van der Waals surface area contributed by atoms with Crippen LogP contribution in [0.25, 0.3) is 11.2 Å². The first-order valence-corrected chi connectivity index (χ1v) is 10.7. The lowest BCUT2D eigenvalue weighted by Crippen LogP contribution is -2.33. The van der Waals surface area contributed by atoms with E-state index in [4.69, 9.17) is 10.5 Å². The fourth-order valence-electron chi connectivity index (χ4n) is 3.29. The van der Waals surface area contributed by atoms with Gasteiger partial charge in [-0.1, -0.05) is 38.5 Å². The number of imidazole rings is 1. The van der Waals surface area contributed by atoms with Crippen molar-refractivity contribution in [2.75, 3.05) is 12.3 Å². The lowest BCUT2D eigenvalue weighted by Gasteiger charge is -2.17. The van der Waals surface area contributed by atoms with Crippen molar-refractivity contribution in [3.05, 3.63) is 11.6 Å². The number of unbranched alkanes of at least 4 members (excludes halogenated alkanes) is 4. The van der Waals surface area contributed by atoms with E-state index in [9.17, 15) is 15.3 Å². The van der Waals surface area contributed by atoms with Gasteiger partial charge in [-0.05, 0) is 24.7 Å². The summed E-state index contributed by atoms with van der Waals surface area (Å²) in [4.78, 5) is 13.2. The number of hydrogen-bond donors (Lipinski definition) is 4. The van der Waals surface area contributed by atoms with Gasteiger partial charge in [-0.25, -0.2) is 15.0 Å². The molecular weight excluding hydrogens is 398 g/mol. The molecular formula is C22H29N5O4. The molecule has 4 atom stereocenters. The van der Waals surface area contributed by atoms with Gasteiger partial charge >= 0.3 is 0 Å². The summed E-state index contributed by atoms with van der Waals surface area (Å²) in [7, 11) is 0. The predicted molar refractivity (Wildman–Crippen MR) is 116 cm³/mol. The Morgan fingerprint density at radius 2 is 1.68 bits per heavy atom. The SMILES string of the molecule is CCCCC#Cc1nc(N)c2nc(C#CCCCC)n(C3OC(CO)C(O)C3O)c2n1. The van der Waals surface area contributed by atoms with Crippen molar-refractivity contribution in [3.63, 3.8) is 0 Å². The number of aromatic nitrogens is 4. The maximum atomic E-state index is 10.6. The molecule has 1 aliphatic heterocycles. The first-order chi connectivity index (χ1) is 15.0. The molecule has 0 aromatic carbocycles. The minimum atomic E-state index is -1.30. The molecule has 2 aromatic rings. The molecule has 1 aliphatic rings. The highest BCUT2D eigenvalue weighted by molar-refractivity contribution is 5.83. The number of aliphatic hydroxyl groups excluding tert-OH is 3. The normalized spacial score (nSPS) is 22.7. The summed E-state index contributed by atoms with van der Waals surface area (Å²) in [6.07, 6.45) is 0.831. The summed E-state index contributed by atoms with van der Waals surface area (Å²) in [5.74, 6) is 12.7. The maximum Gasteiger partial charge on any atom is 0.208 e. The number of nitrogens with two attached hydrogens (primary N) is 1. The van der Waals surface area contributed by atoms with Crippen LogP contribution in [0.2, 0.25) is 0 Å². The molecule has 3 rings (SSSR count). The van der Waals surface area contributed by atoms with Crippen molar-refractivity contribution in [3.8, 4) is 23.7 Å². The van der Waals surface area contributed by atoms with Crippen molar-refractivity contribution in [2.45, 2.75) is 76.9 Å². The lowest BCUT2D eigenvalue weighted by atomic mass is 10.1. The standard InChI is InChI=1S/C22H29N5O4/c1-3-5-7-9-11-15-24-20(23)17-21(25-15)27(16(26-17)12-10-8-6-4-2)22-19(30)18(29)14(13-28)31-22/h14,18-19,22,28-30H,3-8,13H2,1-2H3,(H2,23,24,25). The van der Waals surface area contributed by atoms with Crippen LogP contribution in [0.5, 0.6) is 0 Å². The zero-order chi connectivity index (χ0) is 22.4. The zero-order valence-corrected chi connectivity index (χ0v) is 17.9. The van der Waals surface area contributed by atoms with Crippen molar-refractivity contribution < 1.29 is 20.1 Å². The van der Waals surface area contributed by atoms with Crippen LogP contribution >= 0.6 is 0 Å². The highest BCUT2D eigenvalue weighted by atomic mass is 16.6. The summed E-state index contributed by atoms with van der Waals surface area (Å²) in [5.41, 5.74) is 6.75. The third kappa shape index (κ3) is 4.97. The van der Waals surface area contributed by atoms with Crippen LogP contribution in [0.4, 0.5) is 5.82 Å². The van der Waals surface area contributed by atoms with Gasteiger partial charge in [0.15, 0.2) is 29.0 Å². The Morgan fingerprint density at radius 1 is 1.00 bits per heavy atom. The van der Waals surface area contributed by atoms with Gasteiger partial charge in [0.2, 0.25) is 5.82 Å². The van der Waals surface area contributed by atoms with E-state index < -0.39 is 31.1 Å². The zero-order valence-electron chi connectivity index (χ0n) is 17.9. The molecule has 2 aromatic heterocycles. The lowest BCUT2D eigenvalue weighted by molar-refractivity contribution is -0.0514. The van der Waals surface area contributed by atoms with Crippen molar-refractivity contribution in [1.29, 1.82) is 0 Å². The van der Waals surface area contributed by atoms with E-state index in [1.54, 1.807) is 0 Å². The summed E-state index contributed by atoms with van der Waals surface area (Å²) in [5, 5.41) is 30.3. The summed E-state index contributed by atoms with van der Waals surface area (Å²) in [6, 6.07) is 0. The Morgan fingerprint density at radius 3 is 2.29 bits per heavy atom. The van der Waals surface area contributed by atoms with Gasteiger partial charge in [-0.15, -0.1) is 0 Å². The number of rotatable bonds is 6. The molecule has 0 amide bonds. The van der Waals surface area contributed by atoms with Gasteiger partial charge in [-0.2, -0.15) is 0 Å². The molecule has 9 heteroatoms. The summed E-state index contributed by atoms with van der Waals surface area (Å²) in [6.45, 7) is 3.73. The highest BCUT2D eigenvalue weighted by Crippen LogP contribution is 2.33. The number of nitrogen functional groups attached to an aromatic ring is 1. The average molecular weight is 428 g/mol. The van der Waals surface area contributed by atoms with Gasteiger partial charge in [0.1, 0.15) is 18.3 Å². The van der Waals surface area contributed by atoms with E-state index in [-0.39, 0.29) is 17.5 Å². The molecule has 0 radical (unpaired) electrons. The first kappa shape index (κ1) is 23.0. The molecule has 3 heterocycles. The number of aliphatic hydroxyl groups is 3. The molecule has 0 aliphatic carbocycles. The summed E-state index contributed by atoms with van der Waals surface area (Å²) >= 11 is 0. The molecule has 0 spiro atoms. The van der Waals surface area contributed by atoms with E-state index in [1.165, 1.54) is 4.57 Å². The van der Waals surface area contributed by atoms with Crippen LogP contribution in [-0.4, -0.2) is 59.8 Å². The molecule has 166 valence electrons. The predicted octanol–water partition coefficient (Wildman–Crippen LogP) is 1.10. The van der Waals surface area contributed by atoms with E-state index >= 15 is 0 Å². The number of anilines is 1. The summed E-state index contributed by atoms with van der Waals surface area (Å²) < 4.78 is 7.22. The van der Waals surface area contributed by atoms with E-state index in [0.717, 1.165) is 32.1 Å². The third-order valence-corrected chi connectivity index (χ3v) is 5.05. The van der Waals surface area contributed by atoms with E-state index in [0.29, 0.717) is 17.6 Å². The maximum absolute atomic E-state index is 10.6. The van der Waals surface area contributed by atoms with Crippen LogP contribution in [0.3, 0.4) is 0 Å². The minimum absolute atomic E-state index is 0.145. The smallest absolute Gasteiger partial charge is 0.208 e. The number of ether oxygens (including phenoxy) is 1. The van der Waals surface area contributed by atoms with Crippen LogP contribution < -0.4 is 5.73 Å². The largest absolute Gasteiger partial charge is 0.394 e. The van der Waals surface area contributed by atoms with Gasteiger partial charge in [0, 0.05) is 12.8 Å². The average Bonchev–Trinajstić information content (AvgIpc) is 3.26.